The van der Waals surface area contributed by atoms with Crippen molar-refractivity contribution in [1.29, 1.82) is 0 Å². The van der Waals surface area contributed by atoms with Crippen LogP contribution in [0.2, 0.25) is 0 Å². The van der Waals surface area contributed by atoms with E-state index in [0.717, 1.165) is 18.4 Å². The molecular weight excluding hydrogens is 352 g/mol. The van der Waals surface area contributed by atoms with Crippen molar-refractivity contribution in [2.24, 2.45) is 11.8 Å². The first-order valence-electron chi connectivity index (χ1n) is 9.63. The van der Waals surface area contributed by atoms with E-state index in [4.69, 9.17) is 4.74 Å². The van der Waals surface area contributed by atoms with E-state index in [2.05, 4.69) is 6.58 Å². The van der Waals surface area contributed by atoms with Crippen molar-refractivity contribution in [2.45, 2.75) is 32.6 Å². The van der Waals surface area contributed by atoms with Crippen molar-refractivity contribution in [3.63, 3.8) is 0 Å². The smallest absolute Gasteiger partial charge is 0.315 e. The van der Waals surface area contributed by atoms with E-state index in [1.54, 1.807) is 24.3 Å². The Kier molecular flexibility index (Phi) is 6.19. The highest BCUT2D eigenvalue weighted by Crippen LogP contribution is 2.34. The Labute approximate surface area is 165 Å². The number of carbonyl (C=O) groups excluding carboxylic acids is 3. The van der Waals surface area contributed by atoms with Crippen molar-refractivity contribution >= 4 is 17.5 Å². The quantitative estimate of drug-likeness (QED) is 0.378. The number of Topliss-reactive ketones (excluding diaryl/α,β-unsaturated/α-hetero) is 2. The SMILES string of the molecule is C=C(CCCC)OC(=O)C(Cc1ccccc1)C1C(=O)c2ccccc2C1=O. The topological polar surface area (TPSA) is 60.4 Å². The Morgan fingerprint density at radius 1 is 1.00 bits per heavy atom. The summed E-state index contributed by atoms with van der Waals surface area (Å²) in [4.78, 5) is 38.9. The maximum atomic E-state index is 13.0. The monoisotopic (exact) mass is 376 g/mol. The molecule has 0 heterocycles. The Morgan fingerprint density at radius 3 is 2.14 bits per heavy atom. The van der Waals surface area contributed by atoms with Crippen LogP contribution in [0.15, 0.2) is 66.9 Å². The molecule has 2 aromatic rings. The molecular formula is C24H24O4. The van der Waals surface area contributed by atoms with Gasteiger partial charge in [0.1, 0.15) is 5.76 Å². The van der Waals surface area contributed by atoms with Crippen LogP contribution in [0.25, 0.3) is 0 Å². The Morgan fingerprint density at radius 2 is 1.57 bits per heavy atom. The average Bonchev–Trinajstić information content (AvgIpc) is 2.96. The number of unbranched alkanes of at least 4 members (excludes halogenated alkanes) is 1. The van der Waals surface area contributed by atoms with Crippen LogP contribution in [0.1, 0.15) is 52.5 Å². The van der Waals surface area contributed by atoms with Gasteiger partial charge in [-0.2, -0.15) is 0 Å². The number of esters is 1. The average molecular weight is 376 g/mol. The molecule has 0 radical (unpaired) electrons. The van der Waals surface area contributed by atoms with Crippen LogP contribution < -0.4 is 0 Å². The van der Waals surface area contributed by atoms with Crippen LogP contribution in [-0.2, 0) is 16.0 Å². The number of hydrogen-bond acceptors (Lipinski definition) is 4. The minimum absolute atomic E-state index is 0.261. The Bertz CT molecular complexity index is 863. The summed E-state index contributed by atoms with van der Waals surface area (Å²) in [6, 6.07) is 16.1. The van der Waals surface area contributed by atoms with Gasteiger partial charge in [-0.1, -0.05) is 74.5 Å². The van der Waals surface area contributed by atoms with Gasteiger partial charge in [0.05, 0.1) is 11.8 Å². The van der Waals surface area contributed by atoms with Gasteiger partial charge in [-0.15, -0.1) is 0 Å². The lowest BCUT2D eigenvalue weighted by atomic mass is 9.83. The van der Waals surface area contributed by atoms with Crippen molar-refractivity contribution in [3.05, 3.63) is 83.6 Å². The molecule has 3 rings (SSSR count). The normalized spacial score (nSPS) is 14.6. The number of carbonyl (C=O) groups is 3. The fourth-order valence-electron chi connectivity index (χ4n) is 3.58. The number of hydrogen-bond donors (Lipinski definition) is 0. The van der Waals surface area contributed by atoms with Gasteiger partial charge < -0.3 is 4.74 Å². The number of allylic oxidation sites excluding steroid dienone is 1. The van der Waals surface area contributed by atoms with Gasteiger partial charge in [0.15, 0.2) is 11.6 Å². The van der Waals surface area contributed by atoms with Crippen LogP contribution in [0.3, 0.4) is 0 Å². The lowest BCUT2D eigenvalue weighted by molar-refractivity contribution is -0.145. The maximum Gasteiger partial charge on any atom is 0.315 e. The van der Waals surface area contributed by atoms with E-state index in [1.165, 1.54) is 0 Å². The summed E-state index contributed by atoms with van der Waals surface area (Å²) in [7, 11) is 0. The molecule has 1 aliphatic rings. The summed E-state index contributed by atoms with van der Waals surface area (Å²) in [5, 5.41) is 0. The molecule has 1 aliphatic carbocycles. The Hall–Kier alpha value is -3.01. The van der Waals surface area contributed by atoms with E-state index in [0.29, 0.717) is 23.3 Å². The van der Waals surface area contributed by atoms with E-state index in [-0.39, 0.29) is 18.0 Å². The van der Waals surface area contributed by atoms with Gasteiger partial charge in [-0.05, 0) is 18.4 Å². The molecule has 4 nitrogen and oxygen atoms in total. The largest absolute Gasteiger partial charge is 0.431 e. The second kappa shape index (κ2) is 8.79. The predicted octanol–water partition coefficient (Wildman–Crippen LogP) is 4.79. The van der Waals surface area contributed by atoms with E-state index in [9.17, 15) is 14.4 Å². The van der Waals surface area contributed by atoms with Gasteiger partial charge in [-0.3, -0.25) is 14.4 Å². The molecule has 0 fully saturated rings. The first kappa shape index (κ1) is 19.7. The molecule has 2 aromatic carbocycles. The number of rotatable bonds is 8. The number of ketones is 2. The van der Waals surface area contributed by atoms with Crippen LogP contribution in [-0.4, -0.2) is 17.5 Å². The highest BCUT2D eigenvalue weighted by Gasteiger charge is 2.46. The van der Waals surface area contributed by atoms with Gasteiger partial charge in [0.25, 0.3) is 0 Å². The van der Waals surface area contributed by atoms with Gasteiger partial charge >= 0.3 is 5.97 Å². The second-order valence-corrected chi connectivity index (χ2v) is 7.11. The van der Waals surface area contributed by atoms with E-state index >= 15 is 0 Å². The van der Waals surface area contributed by atoms with Gasteiger partial charge in [-0.25, -0.2) is 0 Å². The first-order chi connectivity index (χ1) is 13.5. The third-order valence-corrected chi connectivity index (χ3v) is 5.08. The molecule has 144 valence electrons. The molecule has 0 spiro atoms. The standard InChI is InChI=1S/C24H24O4/c1-3-4-10-16(2)28-24(27)20(15-17-11-6-5-7-12-17)21-22(25)18-13-8-9-14-19(18)23(21)26/h5-9,11-14,20-21H,2-4,10,15H2,1H3. The van der Waals surface area contributed by atoms with Crippen molar-refractivity contribution in [3.8, 4) is 0 Å². The zero-order valence-corrected chi connectivity index (χ0v) is 16.0. The lowest BCUT2D eigenvalue weighted by Gasteiger charge is -2.21. The molecule has 4 heteroatoms. The lowest BCUT2D eigenvalue weighted by Crippen LogP contribution is -2.34. The zero-order chi connectivity index (χ0) is 20.1. The van der Waals surface area contributed by atoms with E-state index < -0.39 is 17.8 Å². The Balaban J connectivity index is 1.88. The van der Waals surface area contributed by atoms with Crippen LogP contribution in [0.4, 0.5) is 0 Å². The molecule has 0 aromatic heterocycles. The summed E-state index contributed by atoms with van der Waals surface area (Å²) < 4.78 is 5.46. The molecule has 1 unspecified atom stereocenters. The van der Waals surface area contributed by atoms with Crippen LogP contribution in [0.5, 0.6) is 0 Å². The zero-order valence-electron chi connectivity index (χ0n) is 16.0. The van der Waals surface area contributed by atoms with Crippen molar-refractivity contribution in [2.75, 3.05) is 0 Å². The van der Waals surface area contributed by atoms with Gasteiger partial charge in [0.2, 0.25) is 0 Å². The number of ether oxygens (including phenoxy) is 1. The molecule has 0 aliphatic heterocycles. The molecule has 1 atom stereocenters. The summed E-state index contributed by atoms with van der Waals surface area (Å²) in [6.45, 7) is 5.85. The highest BCUT2D eigenvalue weighted by molar-refractivity contribution is 6.27. The molecule has 0 amide bonds. The minimum Gasteiger partial charge on any atom is -0.431 e. The maximum absolute atomic E-state index is 13.0. The molecule has 0 bridgehead atoms. The highest BCUT2D eigenvalue weighted by atomic mass is 16.5. The number of benzene rings is 2. The third kappa shape index (κ3) is 4.11. The molecule has 28 heavy (non-hydrogen) atoms. The van der Waals surface area contributed by atoms with Crippen molar-refractivity contribution < 1.29 is 19.1 Å². The van der Waals surface area contributed by atoms with Crippen LogP contribution >= 0.6 is 0 Å². The fourth-order valence-corrected chi connectivity index (χ4v) is 3.58. The van der Waals surface area contributed by atoms with Crippen LogP contribution in [0, 0.1) is 11.8 Å². The van der Waals surface area contributed by atoms with Crippen molar-refractivity contribution in [1.82, 2.24) is 0 Å². The third-order valence-electron chi connectivity index (χ3n) is 5.08. The summed E-state index contributed by atoms with van der Waals surface area (Å²) >= 11 is 0. The molecule has 0 saturated heterocycles. The first-order valence-corrected chi connectivity index (χ1v) is 9.63. The summed E-state index contributed by atoms with van der Waals surface area (Å²) in [5.74, 6) is -2.74. The van der Waals surface area contributed by atoms with Gasteiger partial charge in [0, 0.05) is 17.5 Å². The summed E-state index contributed by atoms with van der Waals surface area (Å²) in [6.07, 6.45) is 2.66. The minimum atomic E-state index is -1.05. The number of fused-ring (bicyclic) bond motifs is 1. The van der Waals surface area contributed by atoms with E-state index in [1.807, 2.05) is 37.3 Å². The molecule has 0 saturated carbocycles. The summed E-state index contributed by atoms with van der Waals surface area (Å²) in [5.41, 5.74) is 1.64. The fraction of sp³-hybridized carbons (Fsp3) is 0.292. The molecule has 0 N–H and O–H groups in total. The predicted molar refractivity (Wildman–Crippen MR) is 107 cm³/mol. The second-order valence-electron chi connectivity index (χ2n) is 7.11.